The third kappa shape index (κ3) is 6.39. The van der Waals surface area contributed by atoms with Crippen LogP contribution in [0.1, 0.15) is 37.5 Å². The van der Waals surface area contributed by atoms with Gasteiger partial charge < -0.3 is 29.4 Å². The van der Waals surface area contributed by atoms with Crippen molar-refractivity contribution in [3.8, 4) is 0 Å². The molecule has 1 amide bonds. The van der Waals surface area contributed by atoms with Crippen molar-refractivity contribution >= 4 is 17.8 Å². The number of aliphatic hydroxyl groups excluding tert-OH is 1. The highest BCUT2D eigenvalue weighted by Crippen LogP contribution is 2.41. The van der Waals surface area contributed by atoms with Gasteiger partial charge in [-0.15, -0.1) is 0 Å². The standard InChI is InChI=1S/C31H33NO8/c1-20(33)32-27-29(39-22(3)35)28(38-21(2)34)26(40-30(27)36)19-37-31(23-13-7-4-8-14-23,24-15-9-5-10-16-24)25-17-11-6-12-18-25/h4-18,26-30,36H,19H2,1-3H3,(H,32,33)/t26-,27+,28+,29+,30-/m0/s1. The number of benzene rings is 3. The molecule has 40 heavy (non-hydrogen) atoms. The highest BCUT2D eigenvalue weighted by molar-refractivity contribution is 5.73. The van der Waals surface area contributed by atoms with Gasteiger partial charge in [-0.25, -0.2) is 0 Å². The lowest BCUT2D eigenvalue weighted by Crippen LogP contribution is -2.66. The molecule has 210 valence electrons. The van der Waals surface area contributed by atoms with E-state index < -0.39 is 54.1 Å². The lowest BCUT2D eigenvalue weighted by atomic mass is 9.80. The first-order valence-electron chi connectivity index (χ1n) is 13.0. The molecule has 1 saturated heterocycles. The number of carbonyl (C=O) groups excluding carboxylic acids is 3. The van der Waals surface area contributed by atoms with Crippen LogP contribution in [0.3, 0.4) is 0 Å². The molecule has 0 saturated carbocycles. The summed E-state index contributed by atoms with van der Waals surface area (Å²) in [5.74, 6) is -1.83. The predicted octanol–water partition coefficient (Wildman–Crippen LogP) is 3.08. The first-order chi connectivity index (χ1) is 19.2. The number of carbonyl (C=O) groups is 3. The Morgan fingerprint density at radius 3 is 1.57 bits per heavy atom. The fourth-order valence-electron chi connectivity index (χ4n) is 5.08. The fraction of sp³-hybridized carbons (Fsp3) is 0.323. The van der Waals surface area contributed by atoms with Gasteiger partial charge in [0, 0.05) is 20.8 Å². The molecule has 0 unspecified atom stereocenters. The Morgan fingerprint density at radius 2 is 1.18 bits per heavy atom. The van der Waals surface area contributed by atoms with Gasteiger partial charge in [-0.3, -0.25) is 14.4 Å². The molecule has 1 heterocycles. The van der Waals surface area contributed by atoms with Crippen LogP contribution in [-0.2, 0) is 38.9 Å². The number of hydrogen-bond donors (Lipinski definition) is 2. The molecule has 0 aromatic heterocycles. The van der Waals surface area contributed by atoms with Gasteiger partial charge in [0.1, 0.15) is 17.7 Å². The van der Waals surface area contributed by atoms with Crippen molar-refractivity contribution in [1.82, 2.24) is 5.32 Å². The van der Waals surface area contributed by atoms with E-state index in [1.165, 1.54) is 20.8 Å². The first kappa shape index (κ1) is 28.9. The number of nitrogens with one attached hydrogen (secondary N) is 1. The Morgan fingerprint density at radius 1 is 0.750 bits per heavy atom. The summed E-state index contributed by atoms with van der Waals surface area (Å²) in [4.78, 5) is 36.1. The molecular formula is C31H33NO8. The number of hydrogen-bond acceptors (Lipinski definition) is 8. The van der Waals surface area contributed by atoms with Crippen LogP contribution in [-0.4, -0.2) is 60.2 Å². The van der Waals surface area contributed by atoms with Crippen molar-refractivity contribution in [2.24, 2.45) is 0 Å². The van der Waals surface area contributed by atoms with Gasteiger partial charge in [0.05, 0.1) is 6.61 Å². The number of aliphatic hydroxyl groups is 1. The van der Waals surface area contributed by atoms with Gasteiger partial charge in [-0.2, -0.15) is 0 Å². The van der Waals surface area contributed by atoms with Crippen LogP contribution in [0.25, 0.3) is 0 Å². The van der Waals surface area contributed by atoms with Gasteiger partial charge in [0.15, 0.2) is 18.5 Å². The summed E-state index contributed by atoms with van der Waals surface area (Å²) in [7, 11) is 0. The average molecular weight is 548 g/mol. The second kappa shape index (κ2) is 12.9. The summed E-state index contributed by atoms with van der Waals surface area (Å²) < 4.78 is 23.7. The zero-order valence-electron chi connectivity index (χ0n) is 22.6. The third-order valence-corrected chi connectivity index (χ3v) is 6.64. The molecule has 4 rings (SSSR count). The topological polar surface area (TPSA) is 120 Å². The molecule has 0 bridgehead atoms. The minimum atomic E-state index is -1.58. The minimum Gasteiger partial charge on any atom is -0.456 e. The minimum absolute atomic E-state index is 0.182. The SMILES string of the molecule is CC(=O)N[C@@H]1[C@@H](OC(C)=O)[C@H](OC(C)=O)[C@H](COC(c2ccccc2)(c2ccccc2)c2ccccc2)O[C@@H]1O. The van der Waals surface area contributed by atoms with Gasteiger partial charge >= 0.3 is 11.9 Å². The van der Waals surface area contributed by atoms with E-state index in [1.807, 2.05) is 91.0 Å². The van der Waals surface area contributed by atoms with E-state index >= 15 is 0 Å². The third-order valence-electron chi connectivity index (χ3n) is 6.64. The van der Waals surface area contributed by atoms with E-state index in [0.717, 1.165) is 16.7 Å². The number of esters is 2. The number of ether oxygens (including phenoxy) is 4. The molecular weight excluding hydrogens is 514 g/mol. The second-order valence-electron chi connectivity index (χ2n) is 9.53. The van der Waals surface area contributed by atoms with Crippen molar-refractivity contribution in [3.63, 3.8) is 0 Å². The van der Waals surface area contributed by atoms with E-state index in [0.29, 0.717) is 0 Å². The van der Waals surface area contributed by atoms with Crippen molar-refractivity contribution in [2.75, 3.05) is 6.61 Å². The zero-order valence-corrected chi connectivity index (χ0v) is 22.6. The average Bonchev–Trinajstić information content (AvgIpc) is 2.94. The maximum absolute atomic E-state index is 12.2. The Bertz CT molecular complexity index is 1190. The van der Waals surface area contributed by atoms with Crippen LogP contribution >= 0.6 is 0 Å². The lowest BCUT2D eigenvalue weighted by Gasteiger charge is -2.45. The van der Waals surface area contributed by atoms with E-state index in [2.05, 4.69) is 5.32 Å². The van der Waals surface area contributed by atoms with E-state index in [-0.39, 0.29) is 6.61 Å². The van der Waals surface area contributed by atoms with Gasteiger partial charge in [-0.1, -0.05) is 91.0 Å². The second-order valence-corrected chi connectivity index (χ2v) is 9.53. The summed E-state index contributed by atoms with van der Waals surface area (Å²) >= 11 is 0. The monoisotopic (exact) mass is 547 g/mol. The van der Waals surface area contributed by atoms with Gasteiger partial charge in [-0.05, 0) is 16.7 Å². The van der Waals surface area contributed by atoms with E-state index in [9.17, 15) is 19.5 Å². The normalized spacial score (nSPS) is 22.6. The molecule has 3 aromatic rings. The first-order valence-corrected chi connectivity index (χ1v) is 13.0. The molecule has 3 aromatic carbocycles. The lowest BCUT2D eigenvalue weighted by molar-refractivity contribution is -0.269. The van der Waals surface area contributed by atoms with Gasteiger partial charge in [0.2, 0.25) is 5.91 Å². The van der Waals surface area contributed by atoms with E-state index in [4.69, 9.17) is 18.9 Å². The predicted molar refractivity (Wildman–Crippen MR) is 145 cm³/mol. The van der Waals surface area contributed by atoms with Crippen LogP contribution in [0.5, 0.6) is 0 Å². The van der Waals surface area contributed by atoms with Crippen molar-refractivity contribution in [3.05, 3.63) is 108 Å². The molecule has 9 heteroatoms. The smallest absolute Gasteiger partial charge is 0.303 e. The molecule has 1 aliphatic heterocycles. The molecule has 0 spiro atoms. The maximum Gasteiger partial charge on any atom is 0.303 e. The Labute approximate surface area is 233 Å². The van der Waals surface area contributed by atoms with Crippen LogP contribution < -0.4 is 5.32 Å². The van der Waals surface area contributed by atoms with Crippen LogP contribution in [0.15, 0.2) is 91.0 Å². The largest absolute Gasteiger partial charge is 0.456 e. The van der Waals surface area contributed by atoms with E-state index in [1.54, 1.807) is 0 Å². The Kier molecular flexibility index (Phi) is 9.31. The molecule has 1 fully saturated rings. The van der Waals surface area contributed by atoms with Crippen molar-refractivity contribution in [1.29, 1.82) is 0 Å². The zero-order chi connectivity index (χ0) is 28.7. The molecule has 9 nitrogen and oxygen atoms in total. The molecule has 0 aliphatic carbocycles. The summed E-state index contributed by atoms with van der Waals surface area (Å²) in [6, 6.07) is 27.8. The maximum atomic E-state index is 12.2. The van der Waals surface area contributed by atoms with Gasteiger partial charge in [0.25, 0.3) is 0 Å². The molecule has 0 radical (unpaired) electrons. The Balaban J connectivity index is 1.79. The molecule has 2 N–H and O–H groups in total. The molecule has 5 atom stereocenters. The van der Waals surface area contributed by atoms with Crippen LogP contribution in [0, 0.1) is 0 Å². The summed E-state index contributed by atoms with van der Waals surface area (Å²) in [6.07, 6.45) is -5.07. The summed E-state index contributed by atoms with van der Waals surface area (Å²) in [6.45, 7) is 3.47. The van der Waals surface area contributed by atoms with Crippen LogP contribution in [0.2, 0.25) is 0 Å². The van der Waals surface area contributed by atoms with Crippen molar-refractivity contribution < 1.29 is 38.4 Å². The number of amides is 1. The highest BCUT2D eigenvalue weighted by Gasteiger charge is 2.51. The summed E-state index contributed by atoms with van der Waals surface area (Å²) in [5.41, 5.74) is 1.38. The highest BCUT2D eigenvalue weighted by atomic mass is 16.7. The molecule has 1 aliphatic rings. The Hall–Kier alpha value is -4.05. The van der Waals surface area contributed by atoms with Crippen LogP contribution in [0.4, 0.5) is 0 Å². The number of rotatable bonds is 9. The fourth-order valence-corrected chi connectivity index (χ4v) is 5.08. The van der Waals surface area contributed by atoms with Crippen molar-refractivity contribution in [2.45, 2.75) is 57.0 Å². The quantitative estimate of drug-likeness (QED) is 0.310. The summed E-state index contributed by atoms with van der Waals surface area (Å²) in [5, 5.41) is 13.4.